The summed E-state index contributed by atoms with van der Waals surface area (Å²) in [6, 6.07) is 1.71. The largest absolute Gasteiger partial charge is 0.384 e. The van der Waals surface area contributed by atoms with Gasteiger partial charge in [-0.1, -0.05) is 5.16 Å². The minimum absolute atomic E-state index is 0.0263. The van der Waals surface area contributed by atoms with Gasteiger partial charge in [-0.15, -0.1) is 0 Å². The van der Waals surface area contributed by atoms with E-state index in [0.717, 1.165) is 4.31 Å². The Labute approximate surface area is 194 Å². The normalized spacial score (nSPS) is 22.9. The molecule has 1 fully saturated rings. The lowest BCUT2D eigenvalue weighted by Crippen LogP contribution is -2.46. The fourth-order valence-corrected chi connectivity index (χ4v) is 4.73. The topological polar surface area (TPSA) is 87.1 Å². The number of nitrogens with zero attached hydrogens (tertiary/aromatic N) is 4. The minimum Gasteiger partial charge on any atom is -0.384 e. The molecule has 4 rings (SSSR count). The SMILES string of the molecule is Cc1cnc([C@@H]2CC(N3C[C@@H](F)[C@H](NS(=O)(=O)N(C)C)C3)=NO2)c(-c2c(F)cc(F)cc2F)c1. The molecule has 1 aromatic carbocycles. The first-order chi connectivity index (χ1) is 16.0. The van der Waals surface area contributed by atoms with Gasteiger partial charge in [-0.25, -0.2) is 17.6 Å². The molecule has 8 nitrogen and oxygen atoms in total. The van der Waals surface area contributed by atoms with Gasteiger partial charge < -0.3 is 9.74 Å². The Bertz CT molecular complexity index is 1220. The number of hydrogen-bond donors (Lipinski definition) is 1. The second-order valence-corrected chi connectivity index (χ2v) is 10.3. The summed E-state index contributed by atoms with van der Waals surface area (Å²) in [5.74, 6) is -2.85. The Morgan fingerprint density at radius 2 is 1.82 bits per heavy atom. The summed E-state index contributed by atoms with van der Waals surface area (Å²) in [4.78, 5) is 11.3. The zero-order valence-corrected chi connectivity index (χ0v) is 19.4. The van der Waals surface area contributed by atoms with Crippen molar-refractivity contribution in [2.24, 2.45) is 5.16 Å². The standard InChI is InChI=1S/C21H23F4N5O3S/c1-11-4-13(20-14(23)5-12(22)6-15(20)24)21(26-8-11)18-7-19(27-33-18)30-9-16(25)17(10-30)28-34(31,32)29(2)3/h4-6,8,16-18,28H,7,9-10H2,1-3H3/t16-,17-,18+/m1/s1. The van der Waals surface area contributed by atoms with Crippen molar-refractivity contribution in [2.45, 2.75) is 31.7 Å². The highest BCUT2D eigenvalue weighted by Gasteiger charge is 2.40. The van der Waals surface area contributed by atoms with Crippen molar-refractivity contribution in [3.05, 3.63) is 53.1 Å². The van der Waals surface area contributed by atoms with Gasteiger partial charge in [-0.05, 0) is 18.6 Å². The molecule has 0 unspecified atom stereocenters. The first-order valence-electron chi connectivity index (χ1n) is 10.4. The van der Waals surface area contributed by atoms with E-state index in [1.807, 2.05) is 0 Å². The smallest absolute Gasteiger partial charge is 0.279 e. The molecular formula is C21H23F4N5O3S. The first-order valence-corrected chi connectivity index (χ1v) is 11.8. The maximum Gasteiger partial charge on any atom is 0.279 e. The van der Waals surface area contributed by atoms with E-state index in [0.29, 0.717) is 23.5 Å². The molecule has 1 saturated heterocycles. The fraction of sp³-hybridized carbons (Fsp3) is 0.429. The molecule has 0 spiro atoms. The highest BCUT2D eigenvalue weighted by atomic mass is 32.2. The van der Waals surface area contributed by atoms with Gasteiger partial charge in [0.05, 0.1) is 30.3 Å². The van der Waals surface area contributed by atoms with E-state index >= 15 is 0 Å². The molecule has 0 amide bonds. The lowest BCUT2D eigenvalue weighted by Gasteiger charge is -2.19. The van der Waals surface area contributed by atoms with Crippen LogP contribution < -0.4 is 4.72 Å². The number of aromatic nitrogens is 1. The summed E-state index contributed by atoms with van der Waals surface area (Å²) in [6.07, 6.45) is -0.691. The number of oxime groups is 1. The summed E-state index contributed by atoms with van der Waals surface area (Å²) in [5.41, 5.74) is 0.470. The number of amidine groups is 1. The molecule has 13 heteroatoms. The highest BCUT2D eigenvalue weighted by Crippen LogP contribution is 2.37. The van der Waals surface area contributed by atoms with Gasteiger partial charge in [0, 0.05) is 44.5 Å². The monoisotopic (exact) mass is 501 g/mol. The van der Waals surface area contributed by atoms with Crippen LogP contribution in [-0.2, 0) is 15.0 Å². The molecule has 0 aliphatic carbocycles. The van der Waals surface area contributed by atoms with E-state index < -0.39 is 51.5 Å². The minimum atomic E-state index is -3.83. The van der Waals surface area contributed by atoms with Gasteiger partial charge in [-0.3, -0.25) is 4.98 Å². The Balaban J connectivity index is 1.55. The summed E-state index contributed by atoms with van der Waals surface area (Å²) in [5, 5.41) is 3.99. The van der Waals surface area contributed by atoms with Crippen molar-refractivity contribution in [3.8, 4) is 11.1 Å². The molecule has 2 aliphatic heterocycles. The second kappa shape index (κ2) is 9.12. The van der Waals surface area contributed by atoms with Crippen LogP contribution in [0.2, 0.25) is 0 Å². The molecule has 184 valence electrons. The van der Waals surface area contributed by atoms with Gasteiger partial charge in [0.2, 0.25) is 0 Å². The molecule has 1 aromatic heterocycles. The lowest BCUT2D eigenvalue weighted by atomic mass is 9.97. The Hall–Kier alpha value is -2.77. The number of likely N-dealkylation sites (tertiary alicyclic amines) is 1. The lowest BCUT2D eigenvalue weighted by molar-refractivity contribution is 0.0828. The zero-order chi connectivity index (χ0) is 24.8. The average Bonchev–Trinajstić information content (AvgIpc) is 3.34. The molecule has 3 atom stereocenters. The van der Waals surface area contributed by atoms with E-state index in [-0.39, 0.29) is 30.8 Å². The molecule has 34 heavy (non-hydrogen) atoms. The number of aryl methyl sites for hydroxylation is 1. The van der Waals surface area contributed by atoms with Crippen LogP contribution in [0.4, 0.5) is 17.6 Å². The third-order valence-corrected chi connectivity index (χ3v) is 7.25. The highest BCUT2D eigenvalue weighted by molar-refractivity contribution is 7.87. The predicted octanol–water partition coefficient (Wildman–Crippen LogP) is 2.67. The van der Waals surface area contributed by atoms with Crippen LogP contribution in [-0.4, -0.2) is 67.8 Å². The van der Waals surface area contributed by atoms with Crippen molar-refractivity contribution in [1.82, 2.24) is 18.9 Å². The number of halogens is 4. The number of alkyl halides is 1. The van der Waals surface area contributed by atoms with Crippen LogP contribution in [0.3, 0.4) is 0 Å². The number of rotatable bonds is 5. The molecule has 3 heterocycles. The fourth-order valence-electron chi connectivity index (χ4n) is 3.92. The summed E-state index contributed by atoms with van der Waals surface area (Å²) in [6.45, 7) is 1.61. The van der Waals surface area contributed by atoms with Crippen LogP contribution in [0.5, 0.6) is 0 Å². The van der Waals surface area contributed by atoms with E-state index in [2.05, 4.69) is 14.9 Å². The van der Waals surface area contributed by atoms with Gasteiger partial charge in [0.1, 0.15) is 29.5 Å². The van der Waals surface area contributed by atoms with E-state index in [1.54, 1.807) is 11.8 Å². The van der Waals surface area contributed by atoms with Crippen molar-refractivity contribution in [3.63, 3.8) is 0 Å². The van der Waals surface area contributed by atoms with Crippen molar-refractivity contribution in [2.75, 3.05) is 27.2 Å². The maximum absolute atomic E-state index is 14.5. The Kier molecular flexibility index (Phi) is 6.53. The van der Waals surface area contributed by atoms with Gasteiger partial charge >= 0.3 is 0 Å². The van der Waals surface area contributed by atoms with E-state index in [9.17, 15) is 26.0 Å². The van der Waals surface area contributed by atoms with Gasteiger partial charge in [-0.2, -0.15) is 17.4 Å². The molecule has 0 bridgehead atoms. The van der Waals surface area contributed by atoms with Crippen molar-refractivity contribution >= 4 is 16.0 Å². The van der Waals surface area contributed by atoms with E-state index in [4.69, 9.17) is 4.84 Å². The molecule has 0 saturated carbocycles. The third-order valence-electron chi connectivity index (χ3n) is 5.68. The first kappa shape index (κ1) is 24.4. The summed E-state index contributed by atoms with van der Waals surface area (Å²) in [7, 11) is -1.16. The van der Waals surface area contributed by atoms with Crippen LogP contribution >= 0.6 is 0 Å². The second-order valence-electron chi connectivity index (χ2n) is 8.43. The number of hydrogen-bond acceptors (Lipinski definition) is 6. The molecule has 2 aliphatic rings. The van der Waals surface area contributed by atoms with Crippen molar-refractivity contribution < 1.29 is 30.8 Å². The molecule has 1 N–H and O–H groups in total. The van der Waals surface area contributed by atoms with Crippen LogP contribution in [0.1, 0.15) is 23.8 Å². The molecule has 0 radical (unpaired) electrons. The Morgan fingerprint density at radius 1 is 1.15 bits per heavy atom. The van der Waals surface area contributed by atoms with Gasteiger partial charge in [0.25, 0.3) is 10.2 Å². The number of nitrogens with one attached hydrogen (secondary N) is 1. The summed E-state index contributed by atoms with van der Waals surface area (Å²) >= 11 is 0. The maximum atomic E-state index is 14.5. The number of pyridine rings is 1. The third kappa shape index (κ3) is 4.72. The van der Waals surface area contributed by atoms with Crippen LogP contribution in [0.25, 0.3) is 11.1 Å². The average molecular weight is 502 g/mol. The van der Waals surface area contributed by atoms with Gasteiger partial charge in [0.15, 0.2) is 6.10 Å². The van der Waals surface area contributed by atoms with Crippen LogP contribution in [0, 0.1) is 24.4 Å². The van der Waals surface area contributed by atoms with Crippen LogP contribution in [0.15, 0.2) is 29.6 Å². The summed E-state index contributed by atoms with van der Waals surface area (Å²) < 4.78 is 84.4. The molecule has 2 aromatic rings. The number of benzene rings is 1. The Morgan fingerprint density at radius 3 is 2.47 bits per heavy atom. The molecular weight excluding hydrogens is 478 g/mol. The van der Waals surface area contributed by atoms with E-state index in [1.165, 1.54) is 26.4 Å². The van der Waals surface area contributed by atoms with Crippen molar-refractivity contribution in [1.29, 1.82) is 0 Å². The zero-order valence-electron chi connectivity index (χ0n) is 18.6. The predicted molar refractivity (Wildman–Crippen MR) is 116 cm³/mol. The quantitative estimate of drug-likeness (QED) is 0.637.